The van der Waals surface area contributed by atoms with Gasteiger partial charge < -0.3 is 34.8 Å². The number of carbonyl (C=O) groups excluding carboxylic acids is 3. The van der Waals surface area contributed by atoms with Crippen LogP contribution in [0.5, 0.6) is 11.5 Å². The lowest BCUT2D eigenvalue weighted by molar-refractivity contribution is -0.133. The number of carbonyl (C=O) groups is 3. The summed E-state index contributed by atoms with van der Waals surface area (Å²) in [6.07, 6.45) is 3.21. The molecule has 6 aliphatic rings. The molecular weight excluding hydrogens is 729 g/mol. The average Bonchev–Trinajstić information content (AvgIpc) is 3.59. The zero-order chi connectivity index (χ0) is 39.5. The van der Waals surface area contributed by atoms with E-state index in [1.165, 1.54) is 27.9 Å². The lowest BCUT2D eigenvalue weighted by Gasteiger charge is -2.46. The van der Waals surface area contributed by atoms with E-state index in [4.69, 9.17) is 4.74 Å². The average molecular weight is 779 g/mol. The fourth-order valence-electron chi connectivity index (χ4n) is 10.4. The van der Waals surface area contributed by atoms with Gasteiger partial charge in [0, 0.05) is 74.2 Å². The van der Waals surface area contributed by atoms with Crippen LogP contribution in [0.15, 0.2) is 97.2 Å². The van der Waals surface area contributed by atoms with Gasteiger partial charge in [-0.05, 0) is 90.3 Å². The zero-order valence-corrected chi connectivity index (χ0v) is 32.8. The second-order valence-corrected chi connectivity index (χ2v) is 16.8. The number of piperazine rings is 2. The highest BCUT2D eigenvalue weighted by Gasteiger charge is 2.43. The summed E-state index contributed by atoms with van der Waals surface area (Å²) in [5.41, 5.74) is 9.50. The Kier molecular flexibility index (Phi) is 9.35. The molecule has 5 aliphatic heterocycles. The smallest absolute Gasteiger partial charge is 0.255 e. The number of benzene rings is 4. The molecule has 0 aromatic heterocycles. The fraction of sp³-hybridized carbons (Fsp3) is 0.383. The van der Waals surface area contributed by atoms with Gasteiger partial charge in [0.05, 0.1) is 24.8 Å². The maximum atomic E-state index is 13.7. The SMILES string of the molecule is C=C1CCC(N2Cc3c(ccc4c3OC[C@H]3CN(CC(=O)N5CCN(c6ccc(C7c8ccc(O)cc8CC[C@@H]7c7ccccc7)cc6)CC5)CCN43)C2=O)C(=O)N1. The van der Waals surface area contributed by atoms with Gasteiger partial charge in [-0.1, -0.05) is 55.1 Å². The first-order valence-electron chi connectivity index (χ1n) is 20.9. The van der Waals surface area contributed by atoms with E-state index < -0.39 is 6.04 Å². The molecule has 10 rings (SSSR count). The second kappa shape index (κ2) is 14.8. The number of hydrogen-bond acceptors (Lipinski definition) is 8. The third kappa shape index (κ3) is 6.55. The Hall–Kier alpha value is -5.81. The monoisotopic (exact) mass is 778 g/mol. The number of aryl methyl sites for hydroxylation is 1. The van der Waals surface area contributed by atoms with E-state index in [0.717, 1.165) is 62.6 Å². The van der Waals surface area contributed by atoms with Crippen LogP contribution in [0.25, 0.3) is 0 Å². The number of piperidine rings is 1. The van der Waals surface area contributed by atoms with Crippen molar-refractivity contribution in [3.05, 3.63) is 131 Å². The van der Waals surface area contributed by atoms with Gasteiger partial charge in [-0.25, -0.2) is 0 Å². The molecule has 58 heavy (non-hydrogen) atoms. The molecule has 0 radical (unpaired) electrons. The molecule has 298 valence electrons. The van der Waals surface area contributed by atoms with Crippen molar-refractivity contribution in [3.63, 3.8) is 0 Å². The van der Waals surface area contributed by atoms with Crippen molar-refractivity contribution in [1.82, 2.24) is 20.0 Å². The standard InChI is InChI=1S/C47H50N6O5/c1-30-7-17-42(46(56)48-30)53-27-40-39(47(53)57)16-18-41-45(40)58-29-35-26-49(19-24-52(35)41)28-43(55)51-22-20-50(21-23-51)34-11-8-32(9-12-34)44-37(31-5-3-2-4-6-31)14-10-33-25-36(54)13-15-38(33)44/h2-6,8-9,11-13,15-16,18,25,35,37,42,44,54H,1,7,10,14,17,19-24,26-29H2,(H,48,56)/t35-,37-,42?,44?/m1/s1. The molecule has 4 atom stereocenters. The summed E-state index contributed by atoms with van der Waals surface area (Å²) in [5.74, 6) is 1.52. The van der Waals surface area contributed by atoms with Crippen LogP contribution in [0.3, 0.4) is 0 Å². The van der Waals surface area contributed by atoms with Crippen molar-refractivity contribution in [2.45, 2.75) is 56.1 Å². The number of rotatable bonds is 6. The van der Waals surface area contributed by atoms with Gasteiger partial charge in [-0.3, -0.25) is 19.3 Å². The van der Waals surface area contributed by atoms with Crippen LogP contribution in [0, 0.1) is 0 Å². The van der Waals surface area contributed by atoms with Gasteiger partial charge >= 0.3 is 0 Å². The van der Waals surface area contributed by atoms with E-state index in [1.807, 2.05) is 29.2 Å². The van der Waals surface area contributed by atoms with Crippen LogP contribution in [0.4, 0.5) is 11.4 Å². The van der Waals surface area contributed by atoms with Gasteiger partial charge in [0.25, 0.3) is 5.91 Å². The first kappa shape index (κ1) is 36.5. The predicted molar refractivity (Wildman–Crippen MR) is 222 cm³/mol. The van der Waals surface area contributed by atoms with Crippen molar-refractivity contribution >= 4 is 29.1 Å². The lowest BCUT2D eigenvalue weighted by atomic mass is 9.69. The second-order valence-electron chi connectivity index (χ2n) is 16.8. The lowest BCUT2D eigenvalue weighted by Crippen LogP contribution is -2.59. The summed E-state index contributed by atoms with van der Waals surface area (Å²) in [6, 6.07) is 29.2. The number of ether oxygens (including phenoxy) is 1. The van der Waals surface area contributed by atoms with Crippen molar-refractivity contribution in [1.29, 1.82) is 0 Å². The number of nitrogens with zero attached hydrogens (tertiary/aromatic N) is 5. The molecule has 0 spiro atoms. The normalized spacial score (nSPS) is 24.4. The molecule has 4 aromatic carbocycles. The highest BCUT2D eigenvalue weighted by molar-refractivity contribution is 6.03. The number of amides is 3. The summed E-state index contributed by atoms with van der Waals surface area (Å²) in [5, 5.41) is 13.0. The van der Waals surface area contributed by atoms with Crippen LogP contribution in [0.2, 0.25) is 0 Å². The highest BCUT2D eigenvalue weighted by Crippen LogP contribution is 2.47. The van der Waals surface area contributed by atoms with Gasteiger partial charge in [-0.15, -0.1) is 0 Å². The molecule has 11 heteroatoms. The fourth-order valence-corrected chi connectivity index (χ4v) is 10.4. The van der Waals surface area contributed by atoms with Crippen molar-refractivity contribution in [2.24, 2.45) is 0 Å². The quantitative estimate of drug-likeness (QED) is 0.274. The topological polar surface area (TPSA) is 109 Å². The van der Waals surface area contributed by atoms with E-state index in [1.54, 1.807) is 4.90 Å². The number of anilines is 2. The minimum Gasteiger partial charge on any atom is -0.508 e. The number of allylic oxidation sites excluding steroid dienone is 1. The molecule has 3 fully saturated rings. The van der Waals surface area contributed by atoms with Gasteiger partial charge in [0.15, 0.2) is 0 Å². The van der Waals surface area contributed by atoms with Gasteiger partial charge in [0.1, 0.15) is 24.1 Å². The van der Waals surface area contributed by atoms with Crippen LogP contribution in [-0.2, 0) is 22.6 Å². The summed E-state index contributed by atoms with van der Waals surface area (Å²) in [4.78, 5) is 50.5. The molecule has 1 aliphatic carbocycles. The molecule has 11 nitrogen and oxygen atoms in total. The van der Waals surface area contributed by atoms with Crippen LogP contribution in [-0.4, -0.2) is 109 Å². The van der Waals surface area contributed by atoms with E-state index in [-0.39, 0.29) is 29.7 Å². The number of hydrogen-bond donors (Lipinski definition) is 2. The number of aromatic hydroxyl groups is 1. The van der Waals surface area contributed by atoms with Gasteiger partial charge in [0.2, 0.25) is 11.8 Å². The van der Waals surface area contributed by atoms with Crippen LogP contribution < -0.4 is 19.9 Å². The molecule has 2 N–H and O–H groups in total. The molecule has 3 saturated heterocycles. The molecule has 3 amide bonds. The van der Waals surface area contributed by atoms with E-state index >= 15 is 0 Å². The Morgan fingerprint density at radius 1 is 0.845 bits per heavy atom. The molecule has 5 heterocycles. The summed E-state index contributed by atoms with van der Waals surface area (Å²) in [7, 11) is 0. The Labute approximate surface area is 339 Å². The number of phenolic OH excluding ortho intramolecular Hbond substituents is 1. The van der Waals surface area contributed by atoms with Crippen LogP contribution >= 0.6 is 0 Å². The third-order valence-corrected chi connectivity index (χ3v) is 13.5. The zero-order valence-electron chi connectivity index (χ0n) is 32.8. The Bertz CT molecular complexity index is 2270. The number of nitrogens with one attached hydrogen (secondary N) is 1. The number of phenols is 1. The first-order valence-corrected chi connectivity index (χ1v) is 20.9. The van der Waals surface area contributed by atoms with Gasteiger partial charge in [-0.2, -0.15) is 0 Å². The first-order chi connectivity index (χ1) is 28.3. The minimum atomic E-state index is -0.509. The van der Waals surface area contributed by atoms with Crippen LogP contribution in [0.1, 0.15) is 69.3 Å². The maximum Gasteiger partial charge on any atom is 0.255 e. The number of fused-ring (bicyclic) bond motifs is 6. The molecular formula is C47H50N6O5. The molecule has 0 saturated carbocycles. The Balaban J connectivity index is 0.748. The summed E-state index contributed by atoms with van der Waals surface area (Å²) >= 11 is 0. The summed E-state index contributed by atoms with van der Waals surface area (Å²) in [6.45, 7) is 10.3. The molecule has 0 bridgehead atoms. The third-order valence-electron chi connectivity index (χ3n) is 13.5. The molecule has 4 aromatic rings. The van der Waals surface area contributed by atoms with E-state index in [2.05, 4.69) is 87.3 Å². The van der Waals surface area contributed by atoms with Crippen molar-refractivity contribution in [2.75, 3.05) is 68.8 Å². The Morgan fingerprint density at radius 2 is 1.66 bits per heavy atom. The predicted octanol–water partition coefficient (Wildman–Crippen LogP) is 5.23. The van der Waals surface area contributed by atoms with E-state index in [0.29, 0.717) is 68.6 Å². The Morgan fingerprint density at radius 3 is 2.45 bits per heavy atom. The minimum absolute atomic E-state index is 0.104. The van der Waals surface area contributed by atoms with Crippen molar-refractivity contribution < 1.29 is 24.2 Å². The maximum absolute atomic E-state index is 13.7. The van der Waals surface area contributed by atoms with E-state index in [9.17, 15) is 19.5 Å². The largest absolute Gasteiger partial charge is 0.508 e. The summed E-state index contributed by atoms with van der Waals surface area (Å²) < 4.78 is 6.40. The highest BCUT2D eigenvalue weighted by atomic mass is 16.5. The molecule has 2 unspecified atom stereocenters. The van der Waals surface area contributed by atoms with Crippen molar-refractivity contribution in [3.8, 4) is 11.5 Å².